The van der Waals surface area contributed by atoms with Gasteiger partial charge in [0.25, 0.3) is 5.91 Å². The van der Waals surface area contributed by atoms with Gasteiger partial charge in [-0.2, -0.15) is 0 Å². The van der Waals surface area contributed by atoms with Gasteiger partial charge in [0.05, 0.1) is 5.52 Å². The molecule has 0 spiro atoms. The van der Waals surface area contributed by atoms with Crippen LogP contribution in [0.15, 0.2) is 53.3 Å². The molecule has 5 heteroatoms. The van der Waals surface area contributed by atoms with E-state index in [1.54, 1.807) is 12.1 Å². The smallest absolute Gasteiger partial charge is 0.262 e. The highest BCUT2D eigenvalue weighted by Crippen LogP contribution is 2.22. The number of hydrogen-bond donors (Lipinski definition) is 2. The topological polar surface area (TPSA) is 71.2 Å². The monoisotopic (exact) mass is 322 g/mol. The Labute approximate surface area is 139 Å². The third kappa shape index (κ3) is 3.30. The van der Waals surface area contributed by atoms with Crippen molar-refractivity contribution in [1.29, 1.82) is 0 Å². The van der Waals surface area contributed by atoms with Gasteiger partial charge in [0.15, 0.2) is 6.61 Å². The number of rotatable bonds is 4. The number of benzene rings is 2. The SMILES string of the molecule is Cc1cccc(NC(=O)COc2cccc3ccc(=O)[nH]c23)c1C. The lowest BCUT2D eigenvalue weighted by molar-refractivity contribution is -0.118. The Morgan fingerprint density at radius 3 is 2.71 bits per heavy atom. The molecule has 2 aromatic carbocycles. The van der Waals surface area contributed by atoms with Crippen molar-refractivity contribution in [2.45, 2.75) is 13.8 Å². The van der Waals surface area contributed by atoms with Gasteiger partial charge >= 0.3 is 0 Å². The first-order valence-electron chi connectivity index (χ1n) is 7.65. The normalized spacial score (nSPS) is 10.6. The minimum atomic E-state index is -0.251. The summed E-state index contributed by atoms with van der Waals surface area (Å²) in [6.07, 6.45) is 0. The number of pyridine rings is 1. The Balaban J connectivity index is 1.74. The van der Waals surface area contributed by atoms with E-state index in [0.29, 0.717) is 11.3 Å². The maximum absolute atomic E-state index is 12.1. The summed E-state index contributed by atoms with van der Waals surface area (Å²) in [6.45, 7) is 3.82. The summed E-state index contributed by atoms with van der Waals surface area (Å²) in [5.74, 6) is 0.222. The van der Waals surface area contributed by atoms with Crippen molar-refractivity contribution in [3.05, 3.63) is 70.0 Å². The maximum Gasteiger partial charge on any atom is 0.262 e. The highest BCUT2D eigenvalue weighted by atomic mass is 16.5. The Morgan fingerprint density at radius 2 is 1.88 bits per heavy atom. The van der Waals surface area contributed by atoms with Crippen molar-refractivity contribution in [3.63, 3.8) is 0 Å². The van der Waals surface area contributed by atoms with Gasteiger partial charge in [-0.25, -0.2) is 0 Å². The van der Waals surface area contributed by atoms with Crippen LogP contribution in [-0.2, 0) is 4.79 Å². The minimum absolute atomic E-state index is 0.135. The van der Waals surface area contributed by atoms with E-state index in [9.17, 15) is 9.59 Å². The molecule has 3 aromatic rings. The quantitative estimate of drug-likeness (QED) is 0.775. The van der Waals surface area contributed by atoms with Gasteiger partial charge in [-0.15, -0.1) is 0 Å². The number of hydrogen-bond acceptors (Lipinski definition) is 3. The van der Waals surface area contributed by atoms with Crippen molar-refractivity contribution in [3.8, 4) is 5.75 Å². The second-order valence-electron chi connectivity index (χ2n) is 5.63. The van der Waals surface area contributed by atoms with Gasteiger partial charge in [0.1, 0.15) is 5.75 Å². The number of ether oxygens (including phenoxy) is 1. The van der Waals surface area contributed by atoms with Gasteiger partial charge in [-0.1, -0.05) is 24.3 Å². The number of anilines is 1. The minimum Gasteiger partial charge on any atom is -0.482 e. The molecule has 0 bridgehead atoms. The summed E-state index contributed by atoms with van der Waals surface area (Å²) >= 11 is 0. The molecule has 1 heterocycles. The van der Waals surface area contributed by atoms with Gasteiger partial charge < -0.3 is 15.0 Å². The van der Waals surface area contributed by atoms with Gasteiger partial charge in [-0.3, -0.25) is 9.59 Å². The average molecular weight is 322 g/mol. The summed E-state index contributed by atoms with van der Waals surface area (Å²) in [7, 11) is 0. The summed E-state index contributed by atoms with van der Waals surface area (Å²) in [5.41, 5.74) is 3.29. The first kappa shape index (κ1) is 15.8. The van der Waals surface area contributed by atoms with Crippen molar-refractivity contribution >= 4 is 22.5 Å². The Morgan fingerprint density at radius 1 is 1.08 bits per heavy atom. The van der Waals surface area contributed by atoms with Crippen LogP contribution in [0, 0.1) is 13.8 Å². The Bertz CT molecular complexity index is 960. The summed E-state index contributed by atoms with van der Waals surface area (Å²) in [6, 6.07) is 14.3. The predicted molar refractivity (Wildman–Crippen MR) is 94.6 cm³/mol. The molecule has 1 amide bonds. The number of aromatic nitrogens is 1. The van der Waals surface area contributed by atoms with Crippen LogP contribution < -0.4 is 15.6 Å². The summed E-state index contributed by atoms with van der Waals surface area (Å²) in [4.78, 5) is 26.4. The van der Waals surface area contributed by atoms with Crippen LogP contribution in [0.4, 0.5) is 5.69 Å². The number of amides is 1. The standard InChI is InChI=1S/C19H18N2O3/c1-12-5-3-7-15(13(12)2)20-18(23)11-24-16-8-4-6-14-9-10-17(22)21-19(14)16/h3-10H,11H2,1-2H3,(H,20,23)(H,21,22). The molecular formula is C19H18N2O3. The molecule has 0 radical (unpaired) electrons. The maximum atomic E-state index is 12.1. The lowest BCUT2D eigenvalue weighted by atomic mass is 10.1. The molecule has 0 aliphatic heterocycles. The van der Waals surface area contributed by atoms with Crippen LogP contribution >= 0.6 is 0 Å². The number of H-pyrrole nitrogens is 1. The number of para-hydroxylation sites is 1. The van der Waals surface area contributed by atoms with E-state index in [1.165, 1.54) is 6.07 Å². The van der Waals surface area contributed by atoms with Crippen LogP contribution in [0.5, 0.6) is 5.75 Å². The molecule has 0 atom stereocenters. The van der Waals surface area contributed by atoms with Crippen molar-refractivity contribution in [2.24, 2.45) is 0 Å². The predicted octanol–water partition coefficient (Wildman–Crippen LogP) is 3.16. The zero-order valence-corrected chi connectivity index (χ0v) is 13.6. The lowest BCUT2D eigenvalue weighted by Crippen LogP contribution is -2.21. The number of fused-ring (bicyclic) bond motifs is 1. The fourth-order valence-corrected chi connectivity index (χ4v) is 2.49. The average Bonchev–Trinajstić information content (AvgIpc) is 2.57. The zero-order chi connectivity index (χ0) is 17.1. The Hall–Kier alpha value is -3.08. The van der Waals surface area contributed by atoms with Gasteiger partial charge in [-0.05, 0) is 43.2 Å². The van der Waals surface area contributed by atoms with Gasteiger partial charge in [0.2, 0.25) is 5.56 Å². The van der Waals surface area contributed by atoms with Crippen molar-refractivity contribution < 1.29 is 9.53 Å². The highest BCUT2D eigenvalue weighted by molar-refractivity contribution is 5.93. The Kier molecular flexibility index (Phi) is 4.33. The third-order valence-corrected chi connectivity index (χ3v) is 3.96. The molecule has 0 fully saturated rings. The molecule has 5 nitrogen and oxygen atoms in total. The largest absolute Gasteiger partial charge is 0.482 e. The van der Waals surface area contributed by atoms with E-state index in [4.69, 9.17) is 4.74 Å². The molecule has 0 saturated carbocycles. The molecule has 1 aromatic heterocycles. The zero-order valence-electron chi connectivity index (χ0n) is 13.6. The van der Waals surface area contributed by atoms with E-state index in [2.05, 4.69) is 10.3 Å². The molecule has 0 unspecified atom stereocenters. The molecule has 0 aliphatic carbocycles. The van der Waals surface area contributed by atoms with E-state index in [-0.39, 0.29) is 18.1 Å². The van der Waals surface area contributed by atoms with Crippen molar-refractivity contribution in [1.82, 2.24) is 4.98 Å². The lowest BCUT2D eigenvalue weighted by Gasteiger charge is -2.12. The van der Waals surface area contributed by atoms with Crippen LogP contribution in [0.2, 0.25) is 0 Å². The number of aryl methyl sites for hydroxylation is 1. The molecule has 122 valence electrons. The first-order chi connectivity index (χ1) is 11.5. The first-order valence-corrected chi connectivity index (χ1v) is 7.65. The number of aromatic amines is 1. The van der Waals surface area contributed by atoms with Crippen LogP contribution in [0.3, 0.4) is 0 Å². The second-order valence-corrected chi connectivity index (χ2v) is 5.63. The van der Waals surface area contributed by atoms with E-state index in [1.807, 2.05) is 44.2 Å². The molecule has 0 saturated heterocycles. The molecule has 3 rings (SSSR count). The fourth-order valence-electron chi connectivity index (χ4n) is 2.49. The fraction of sp³-hybridized carbons (Fsp3) is 0.158. The third-order valence-electron chi connectivity index (χ3n) is 3.96. The summed E-state index contributed by atoms with van der Waals surface area (Å²) in [5, 5.41) is 3.69. The molecule has 24 heavy (non-hydrogen) atoms. The van der Waals surface area contributed by atoms with E-state index >= 15 is 0 Å². The van der Waals surface area contributed by atoms with Crippen LogP contribution in [-0.4, -0.2) is 17.5 Å². The molecule has 2 N–H and O–H groups in total. The van der Waals surface area contributed by atoms with Crippen LogP contribution in [0.1, 0.15) is 11.1 Å². The highest BCUT2D eigenvalue weighted by Gasteiger charge is 2.09. The number of nitrogens with one attached hydrogen (secondary N) is 2. The second kappa shape index (κ2) is 6.58. The molecular weight excluding hydrogens is 304 g/mol. The summed E-state index contributed by atoms with van der Waals surface area (Å²) < 4.78 is 5.60. The number of carbonyl (C=O) groups excluding carboxylic acids is 1. The van der Waals surface area contributed by atoms with E-state index in [0.717, 1.165) is 22.2 Å². The van der Waals surface area contributed by atoms with Gasteiger partial charge in [0, 0.05) is 17.1 Å². The molecule has 0 aliphatic rings. The number of carbonyl (C=O) groups is 1. The van der Waals surface area contributed by atoms with Crippen molar-refractivity contribution in [2.75, 3.05) is 11.9 Å². The van der Waals surface area contributed by atoms with Crippen LogP contribution in [0.25, 0.3) is 10.9 Å². The van der Waals surface area contributed by atoms with E-state index < -0.39 is 0 Å².